The molecule has 2 rings (SSSR count). The molecule has 0 saturated carbocycles. The predicted octanol–water partition coefficient (Wildman–Crippen LogP) is 3.20. The maximum absolute atomic E-state index is 5.72. The normalized spacial score (nSPS) is 19.2. The predicted molar refractivity (Wildman–Crippen MR) is 82.8 cm³/mol. The molecule has 0 bridgehead atoms. The van der Waals surface area contributed by atoms with Crippen LogP contribution in [0.15, 0.2) is 22.7 Å². The second kappa shape index (κ2) is 5.81. The van der Waals surface area contributed by atoms with Gasteiger partial charge in [0.2, 0.25) is 0 Å². The number of halogens is 1. The Kier molecular flexibility index (Phi) is 4.54. The van der Waals surface area contributed by atoms with Crippen LogP contribution in [0.2, 0.25) is 0 Å². The highest BCUT2D eigenvalue weighted by molar-refractivity contribution is 9.10. The van der Waals surface area contributed by atoms with Gasteiger partial charge in [0.05, 0.1) is 6.61 Å². The van der Waals surface area contributed by atoms with Crippen molar-refractivity contribution in [3.63, 3.8) is 0 Å². The number of fused-ring (bicyclic) bond motifs is 1. The van der Waals surface area contributed by atoms with Gasteiger partial charge < -0.3 is 15.0 Å². The average Bonchev–Trinajstić information content (AvgIpc) is 2.36. The highest BCUT2D eigenvalue weighted by atomic mass is 79.9. The first kappa shape index (κ1) is 14.8. The fourth-order valence-corrected chi connectivity index (χ4v) is 2.49. The van der Waals surface area contributed by atoms with E-state index in [1.54, 1.807) is 0 Å². The van der Waals surface area contributed by atoms with E-state index in [4.69, 9.17) is 4.74 Å². The third-order valence-electron chi connectivity index (χ3n) is 4.00. The lowest BCUT2D eigenvalue weighted by atomic mass is 9.98. The Morgan fingerprint density at radius 2 is 2.16 bits per heavy atom. The van der Waals surface area contributed by atoms with Crippen molar-refractivity contribution < 1.29 is 4.74 Å². The Hall–Kier alpha value is -0.580. The van der Waals surface area contributed by atoms with Gasteiger partial charge in [-0.3, -0.25) is 0 Å². The summed E-state index contributed by atoms with van der Waals surface area (Å²) in [5, 5.41) is 3.68. The molecule has 1 heterocycles. The van der Waals surface area contributed by atoms with E-state index in [0.29, 0.717) is 6.04 Å². The first-order valence-corrected chi connectivity index (χ1v) is 7.52. The van der Waals surface area contributed by atoms with E-state index in [2.05, 4.69) is 60.2 Å². The van der Waals surface area contributed by atoms with Crippen LogP contribution in [0.4, 0.5) is 0 Å². The maximum Gasteiger partial charge on any atom is 0.124 e. The Labute approximate surface area is 124 Å². The molecule has 0 fully saturated rings. The first-order chi connectivity index (χ1) is 8.90. The van der Waals surface area contributed by atoms with E-state index in [1.807, 2.05) is 12.1 Å². The molecule has 0 amide bonds. The van der Waals surface area contributed by atoms with Crippen molar-refractivity contribution in [2.24, 2.45) is 0 Å². The van der Waals surface area contributed by atoms with Crippen LogP contribution in [0, 0.1) is 0 Å². The number of hydrogen-bond acceptors (Lipinski definition) is 3. The quantitative estimate of drug-likeness (QED) is 0.919. The molecule has 0 aromatic heterocycles. The van der Waals surface area contributed by atoms with E-state index < -0.39 is 0 Å². The molecule has 1 aliphatic heterocycles. The number of ether oxygens (including phenoxy) is 1. The van der Waals surface area contributed by atoms with Crippen molar-refractivity contribution in [3.8, 4) is 5.75 Å². The van der Waals surface area contributed by atoms with Gasteiger partial charge in [-0.25, -0.2) is 0 Å². The van der Waals surface area contributed by atoms with Crippen LogP contribution in [-0.4, -0.2) is 37.7 Å². The lowest BCUT2D eigenvalue weighted by molar-refractivity contribution is 0.174. The summed E-state index contributed by atoms with van der Waals surface area (Å²) in [5.74, 6) is 1.01. The van der Waals surface area contributed by atoms with Gasteiger partial charge in [0.15, 0.2) is 0 Å². The largest absolute Gasteiger partial charge is 0.493 e. The SMILES string of the molecule is CN(C)C(C)(C)CNC1CCOc2ccc(Br)cc21. The third-order valence-corrected chi connectivity index (χ3v) is 4.50. The van der Waals surface area contributed by atoms with Gasteiger partial charge in [-0.05, 0) is 46.1 Å². The number of hydrogen-bond donors (Lipinski definition) is 1. The van der Waals surface area contributed by atoms with Crippen LogP contribution < -0.4 is 10.1 Å². The van der Waals surface area contributed by atoms with Gasteiger partial charge in [0, 0.05) is 34.6 Å². The molecule has 0 radical (unpaired) electrons. The second-order valence-electron chi connectivity index (χ2n) is 5.96. The molecule has 106 valence electrons. The molecule has 4 heteroatoms. The van der Waals surface area contributed by atoms with Crippen LogP contribution in [0.25, 0.3) is 0 Å². The molecule has 1 atom stereocenters. The van der Waals surface area contributed by atoms with Crippen LogP contribution >= 0.6 is 15.9 Å². The fraction of sp³-hybridized carbons (Fsp3) is 0.600. The topological polar surface area (TPSA) is 24.5 Å². The van der Waals surface area contributed by atoms with E-state index in [9.17, 15) is 0 Å². The maximum atomic E-state index is 5.72. The van der Waals surface area contributed by atoms with Gasteiger partial charge in [-0.2, -0.15) is 0 Å². The van der Waals surface area contributed by atoms with Crippen molar-refractivity contribution in [3.05, 3.63) is 28.2 Å². The molecule has 1 aromatic rings. The minimum atomic E-state index is 0.143. The first-order valence-electron chi connectivity index (χ1n) is 6.73. The van der Waals surface area contributed by atoms with Crippen molar-refractivity contribution in [2.45, 2.75) is 31.8 Å². The Morgan fingerprint density at radius 1 is 1.42 bits per heavy atom. The molecular weight excluding hydrogens is 304 g/mol. The van der Waals surface area contributed by atoms with Crippen molar-refractivity contribution in [2.75, 3.05) is 27.2 Å². The number of nitrogens with one attached hydrogen (secondary N) is 1. The van der Waals surface area contributed by atoms with Crippen LogP contribution in [-0.2, 0) is 0 Å². The molecule has 19 heavy (non-hydrogen) atoms. The van der Waals surface area contributed by atoms with Gasteiger partial charge in [-0.1, -0.05) is 15.9 Å². The van der Waals surface area contributed by atoms with Gasteiger partial charge in [0.25, 0.3) is 0 Å². The zero-order valence-corrected chi connectivity index (χ0v) is 13.8. The lowest BCUT2D eigenvalue weighted by Crippen LogP contribution is -2.47. The van der Waals surface area contributed by atoms with Gasteiger partial charge in [0.1, 0.15) is 5.75 Å². The molecular formula is C15H23BrN2O. The molecule has 1 unspecified atom stereocenters. The van der Waals surface area contributed by atoms with E-state index in [0.717, 1.165) is 29.8 Å². The minimum Gasteiger partial charge on any atom is -0.493 e. The lowest BCUT2D eigenvalue weighted by Gasteiger charge is -2.36. The molecule has 0 aliphatic carbocycles. The molecule has 1 aliphatic rings. The molecule has 0 saturated heterocycles. The summed E-state index contributed by atoms with van der Waals surface area (Å²) >= 11 is 3.54. The monoisotopic (exact) mass is 326 g/mol. The standard InChI is InChI=1S/C15H23BrN2O/c1-15(2,18(3)4)10-17-13-7-8-19-14-6-5-11(16)9-12(13)14/h5-6,9,13,17H,7-8,10H2,1-4H3. The Balaban J connectivity index is 2.09. The highest BCUT2D eigenvalue weighted by Crippen LogP contribution is 2.34. The third kappa shape index (κ3) is 3.50. The zero-order chi connectivity index (χ0) is 14.0. The van der Waals surface area contributed by atoms with Crippen LogP contribution in [0.5, 0.6) is 5.75 Å². The number of nitrogens with zero attached hydrogens (tertiary/aromatic N) is 1. The Morgan fingerprint density at radius 3 is 2.84 bits per heavy atom. The smallest absolute Gasteiger partial charge is 0.124 e. The minimum absolute atomic E-state index is 0.143. The number of likely N-dealkylation sites (N-methyl/N-ethyl adjacent to an activating group) is 1. The Bertz CT molecular complexity index is 446. The highest BCUT2D eigenvalue weighted by Gasteiger charge is 2.25. The summed E-state index contributed by atoms with van der Waals surface area (Å²) in [6, 6.07) is 6.62. The van der Waals surface area contributed by atoms with Crippen molar-refractivity contribution in [1.29, 1.82) is 0 Å². The van der Waals surface area contributed by atoms with Crippen LogP contribution in [0.3, 0.4) is 0 Å². The summed E-state index contributed by atoms with van der Waals surface area (Å²) in [7, 11) is 4.24. The van der Waals surface area contributed by atoms with Crippen molar-refractivity contribution >= 4 is 15.9 Å². The van der Waals surface area contributed by atoms with E-state index in [1.165, 1.54) is 5.56 Å². The number of benzene rings is 1. The van der Waals surface area contributed by atoms with Gasteiger partial charge >= 0.3 is 0 Å². The molecule has 1 aromatic carbocycles. The second-order valence-corrected chi connectivity index (χ2v) is 6.88. The molecule has 0 spiro atoms. The summed E-state index contributed by atoms with van der Waals surface area (Å²) in [5.41, 5.74) is 1.40. The van der Waals surface area contributed by atoms with E-state index >= 15 is 0 Å². The zero-order valence-electron chi connectivity index (χ0n) is 12.2. The fourth-order valence-electron chi connectivity index (χ4n) is 2.11. The molecule has 3 nitrogen and oxygen atoms in total. The van der Waals surface area contributed by atoms with E-state index in [-0.39, 0.29) is 5.54 Å². The molecule has 1 N–H and O–H groups in total. The summed E-state index contributed by atoms with van der Waals surface area (Å²) in [6.07, 6.45) is 1.02. The number of rotatable bonds is 4. The van der Waals surface area contributed by atoms with Gasteiger partial charge in [-0.15, -0.1) is 0 Å². The van der Waals surface area contributed by atoms with Crippen LogP contribution in [0.1, 0.15) is 31.9 Å². The summed E-state index contributed by atoms with van der Waals surface area (Å²) < 4.78 is 6.82. The summed E-state index contributed by atoms with van der Waals surface area (Å²) in [4.78, 5) is 2.25. The average molecular weight is 327 g/mol. The van der Waals surface area contributed by atoms with Crippen molar-refractivity contribution in [1.82, 2.24) is 10.2 Å². The summed E-state index contributed by atoms with van der Waals surface area (Å²) in [6.45, 7) is 6.24.